The minimum absolute atomic E-state index is 0.0607. The quantitative estimate of drug-likeness (QED) is 0.589. The number of benzene rings is 2. The van der Waals surface area contributed by atoms with Gasteiger partial charge < -0.3 is 10.2 Å². The number of amides is 1. The van der Waals surface area contributed by atoms with Crippen LogP contribution >= 0.6 is 0 Å². The van der Waals surface area contributed by atoms with Crippen molar-refractivity contribution in [2.45, 2.75) is 44.1 Å². The number of hydrogen-bond donors (Lipinski definition) is 1. The standard InChI is InChI=1S/C22H21F7N2O/c23-17-2-4-18(5-3-17)31(19-7-9-30-10-8-19)20(32)6-1-14-11-15(21(24,25)26)13-16(12-14)22(27,28)29/h2-5,11-13,19,30H,1,6-10H2. The number of rotatable bonds is 5. The van der Waals surface area contributed by atoms with Crippen molar-refractivity contribution in [1.82, 2.24) is 5.32 Å². The first-order valence-corrected chi connectivity index (χ1v) is 10.0. The highest BCUT2D eigenvalue weighted by atomic mass is 19.4. The smallest absolute Gasteiger partial charge is 0.317 e. The van der Waals surface area contributed by atoms with Crippen molar-refractivity contribution >= 4 is 11.6 Å². The van der Waals surface area contributed by atoms with E-state index in [0.29, 0.717) is 43.8 Å². The van der Waals surface area contributed by atoms with Crippen LogP contribution in [0.5, 0.6) is 0 Å². The molecule has 3 nitrogen and oxygen atoms in total. The molecule has 1 amide bonds. The molecule has 0 spiro atoms. The van der Waals surface area contributed by atoms with Crippen molar-refractivity contribution in [3.8, 4) is 0 Å². The van der Waals surface area contributed by atoms with Gasteiger partial charge in [-0.1, -0.05) is 0 Å². The number of alkyl halides is 6. The first-order valence-electron chi connectivity index (χ1n) is 10.0. The number of hydrogen-bond acceptors (Lipinski definition) is 2. The Balaban J connectivity index is 1.84. The van der Waals surface area contributed by atoms with Gasteiger partial charge in [-0.15, -0.1) is 0 Å². The first-order chi connectivity index (χ1) is 14.9. The van der Waals surface area contributed by atoms with E-state index in [4.69, 9.17) is 0 Å². The molecule has 1 aliphatic rings. The lowest BCUT2D eigenvalue weighted by Crippen LogP contribution is -2.46. The molecule has 10 heteroatoms. The Morgan fingerprint density at radius 1 is 0.906 bits per heavy atom. The minimum Gasteiger partial charge on any atom is -0.317 e. The van der Waals surface area contributed by atoms with Crippen LogP contribution in [0, 0.1) is 5.82 Å². The van der Waals surface area contributed by atoms with Gasteiger partial charge in [0.15, 0.2) is 0 Å². The van der Waals surface area contributed by atoms with Crippen molar-refractivity contribution in [2.75, 3.05) is 18.0 Å². The molecule has 1 heterocycles. The summed E-state index contributed by atoms with van der Waals surface area (Å²) < 4.78 is 91.8. The Bertz CT molecular complexity index is 901. The summed E-state index contributed by atoms with van der Waals surface area (Å²) in [4.78, 5) is 14.5. The molecule has 3 rings (SSSR count). The van der Waals surface area contributed by atoms with Crippen LogP contribution in [-0.4, -0.2) is 25.0 Å². The molecule has 0 atom stereocenters. The Morgan fingerprint density at radius 2 is 1.44 bits per heavy atom. The molecule has 1 fully saturated rings. The molecule has 2 aromatic carbocycles. The van der Waals surface area contributed by atoms with Crippen LogP contribution in [0.3, 0.4) is 0 Å². The molecule has 174 valence electrons. The SMILES string of the molecule is O=C(CCc1cc(C(F)(F)F)cc(C(F)(F)F)c1)N(c1ccc(F)cc1)C1CCNCC1. The molecule has 0 unspecified atom stereocenters. The minimum atomic E-state index is -4.95. The highest BCUT2D eigenvalue weighted by Crippen LogP contribution is 2.36. The van der Waals surface area contributed by atoms with E-state index in [-0.39, 0.29) is 30.5 Å². The molecule has 1 aliphatic heterocycles. The molecule has 32 heavy (non-hydrogen) atoms. The second-order valence-electron chi connectivity index (χ2n) is 7.64. The van der Waals surface area contributed by atoms with Crippen LogP contribution in [-0.2, 0) is 23.6 Å². The van der Waals surface area contributed by atoms with Gasteiger partial charge in [0.2, 0.25) is 5.91 Å². The predicted octanol–water partition coefficient (Wildman–Crippen LogP) is 5.58. The highest BCUT2D eigenvalue weighted by Gasteiger charge is 2.37. The number of halogens is 7. The van der Waals surface area contributed by atoms with E-state index >= 15 is 0 Å². The number of nitrogens with one attached hydrogen (secondary N) is 1. The number of nitrogens with zero attached hydrogens (tertiary/aromatic N) is 1. The molecule has 0 radical (unpaired) electrons. The van der Waals surface area contributed by atoms with Crippen LogP contribution in [0.25, 0.3) is 0 Å². The van der Waals surface area contributed by atoms with Crippen LogP contribution in [0.15, 0.2) is 42.5 Å². The molecular formula is C22H21F7N2O. The van der Waals surface area contributed by atoms with Crippen molar-refractivity contribution in [3.63, 3.8) is 0 Å². The number of carbonyl (C=O) groups is 1. The third-order valence-corrected chi connectivity index (χ3v) is 5.32. The second-order valence-corrected chi connectivity index (χ2v) is 7.64. The predicted molar refractivity (Wildman–Crippen MR) is 105 cm³/mol. The maximum absolute atomic E-state index is 13.3. The monoisotopic (exact) mass is 462 g/mol. The second kappa shape index (κ2) is 9.48. The lowest BCUT2D eigenvalue weighted by molar-refractivity contribution is -0.143. The van der Waals surface area contributed by atoms with Gasteiger partial charge in [-0.25, -0.2) is 4.39 Å². The Hall–Kier alpha value is -2.62. The average molecular weight is 462 g/mol. The zero-order chi connectivity index (χ0) is 23.5. The van der Waals surface area contributed by atoms with Crippen LogP contribution in [0.4, 0.5) is 36.4 Å². The summed E-state index contributed by atoms with van der Waals surface area (Å²) in [6.07, 6.45) is -9.26. The highest BCUT2D eigenvalue weighted by molar-refractivity contribution is 5.94. The van der Waals surface area contributed by atoms with Crippen LogP contribution < -0.4 is 10.2 Å². The fraction of sp³-hybridized carbons (Fsp3) is 0.409. The van der Waals surface area contributed by atoms with Gasteiger partial charge in [-0.05, 0) is 80.4 Å². The Kier molecular flexibility index (Phi) is 7.12. The Labute approximate surface area is 180 Å². The van der Waals surface area contributed by atoms with E-state index in [2.05, 4.69) is 5.32 Å². The maximum Gasteiger partial charge on any atom is 0.416 e. The largest absolute Gasteiger partial charge is 0.416 e. The lowest BCUT2D eigenvalue weighted by Gasteiger charge is -2.35. The van der Waals surface area contributed by atoms with E-state index in [1.54, 1.807) is 0 Å². The molecule has 0 aromatic heterocycles. The molecule has 1 saturated heterocycles. The number of aryl methyl sites for hydroxylation is 1. The van der Waals surface area contributed by atoms with Crippen LogP contribution in [0.2, 0.25) is 0 Å². The maximum atomic E-state index is 13.3. The fourth-order valence-corrected chi connectivity index (χ4v) is 3.76. The molecular weight excluding hydrogens is 441 g/mol. The summed E-state index contributed by atoms with van der Waals surface area (Å²) in [6.45, 7) is 1.30. The summed E-state index contributed by atoms with van der Waals surface area (Å²) in [6, 6.07) is 6.37. The van der Waals surface area contributed by atoms with Crippen molar-refractivity contribution in [2.24, 2.45) is 0 Å². The number of anilines is 1. The van der Waals surface area contributed by atoms with Gasteiger partial charge in [0.25, 0.3) is 0 Å². The molecule has 0 aliphatic carbocycles. The van der Waals surface area contributed by atoms with Crippen molar-refractivity contribution in [1.29, 1.82) is 0 Å². The number of carbonyl (C=O) groups excluding carboxylic acids is 1. The molecule has 0 saturated carbocycles. The molecule has 0 bridgehead atoms. The van der Waals surface area contributed by atoms with E-state index in [9.17, 15) is 35.5 Å². The van der Waals surface area contributed by atoms with Gasteiger partial charge in [-0.2, -0.15) is 26.3 Å². The topological polar surface area (TPSA) is 32.3 Å². The van der Waals surface area contributed by atoms with Crippen LogP contribution in [0.1, 0.15) is 36.0 Å². The Morgan fingerprint density at radius 3 is 1.94 bits per heavy atom. The summed E-state index contributed by atoms with van der Waals surface area (Å²) in [5, 5.41) is 3.16. The van der Waals surface area contributed by atoms with Gasteiger partial charge in [0, 0.05) is 18.2 Å². The zero-order valence-electron chi connectivity index (χ0n) is 16.9. The summed E-state index contributed by atoms with van der Waals surface area (Å²) in [7, 11) is 0. The average Bonchev–Trinajstić information content (AvgIpc) is 2.73. The van der Waals surface area contributed by atoms with E-state index < -0.39 is 35.2 Å². The van der Waals surface area contributed by atoms with Crippen molar-refractivity contribution < 1.29 is 35.5 Å². The summed E-state index contributed by atoms with van der Waals surface area (Å²) >= 11 is 0. The zero-order valence-corrected chi connectivity index (χ0v) is 16.9. The fourth-order valence-electron chi connectivity index (χ4n) is 3.76. The summed E-state index contributed by atoms with van der Waals surface area (Å²) in [5.74, 6) is -0.940. The summed E-state index contributed by atoms with van der Waals surface area (Å²) in [5.41, 5.74) is -2.62. The van der Waals surface area contributed by atoms with Gasteiger partial charge in [0.1, 0.15) is 5.82 Å². The lowest BCUT2D eigenvalue weighted by atomic mass is 9.99. The molecule has 2 aromatic rings. The third kappa shape index (κ3) is 5.99. The van der Waals surface area contributed by atoms with E-state index in [1.165, 1.54) is 29.2 Å². The van der Waals surface area contributed by atoms with E-state index in [1.807, 2.05) is 0 Å². The van der Waals surface area contributed by atoms with Gasteiger partial charge in [-0.3, -0.25) is 4.79 Å². The van der Waals surface area contributed by atoms with Gasteiger partial charge >= 0.3 is 12.4 Å². The first kappa shape index (κ1) is 24.0. The number of piperidine rings is 1. The van der Waals surface area contributed by atoms with Crippen molar-refractivity contribution in [3.05, 3.63) is 65.0 Å². The van der Waals surface area contributed by atoms with E-state index in [0.717, 1.165) is 0 Å². The van der Waals surface area contributed by atoms with Gasteiger partial charge in [0.05, 0.1) is 11.1 Å². The third-order valence-electron chi connectivity index (χ3n) is 5.32. The normalized spacial score (nSPS) is 15.6. The molecule has 1 N–H and O–H groups in total.